The molecule has 0 bridgehead atoms. The van der Waals surface area contributed by atoms with Crippen molar-refractivity contribution in [2.75, 3.05) is 37.7 Å². The lowest BCUT2D eigenvalue weighted by Gasteiger charge is -2.35. The molecule has 112 valence electrons. The molecule has 4 heteroatoms. The van der Waals surface area contributed by atoms with E-state index in [-0.39, 0.29) is 0 Å². The zero-order valence-electron chi connectivity index (χ0n) is 12.8. The Bertz CT molecular complexity index is 423. The smallest absolute Gasteiger partial charge is 0.163 e. The molecule has 4 nitrogen and oxygen atoms in total. The maximum Gasteiger partial charge on any atom is 0.163 e. The van der Waals surface area contributed by atoms with E-state index >= 15 is 0 Å². The molecule has 1 atom stereocenters. The average molecular weight is 278 g/mol. The van der Waals surface area contributed by atoms with Gasteiger partial charge in [-0.05, 0) is 32.4 Å². The minimum Gasteiger partial charge on any atom is -0.490 e. The minimum absolute atomic E-state index is 0.575. The van der Waals surface area contributed by atoms with E-state index in [4.69, 9.17) is 9.47 Å². The van der Waals surface area contributed by atoms with E-state index in [0.29, 0.717) is 19.3 Å². The van der Waals surface area contributed by atoms with Crippen molar-refractivity contribution in [3.63, 3.8) is 0 Å². The molecule has 20 heavy (non-hydrogen) atoms. The van der Waals surface area contributed by atoms with Crippen LogP contribution in [0.4, 0.5) is 5.69 Å². The third kappa shape index (κ3) is 3.57. The lowest BCUT2D eigenvalue weighted by atomic mass is 10.1. The molecule has 1 N–H and O–H groups in total. The highest BCUT2D eigenvalue weighted by atomic mass is 16.5. The lowest BCUT2D eigenvalue weighted by molar-refractivity contribution is 0.287. The van der Waals surface area contributed by atoms with Gasteiger partial charge in [0.1, 0.15) is 0 Å². The first-order valence-corrected chi connectivity index (χ1v) is 7.66. The molecular formula is C16H26N2O2. The molecule has 1 aliphatic rings. The number of nitrogens with zero attached hydrogens (tertiary/aromatic N) is 1. The summed E-state index contributed by atoms with van der Waals surface area (Å²) in [5, 5.41) is 3.54. The minimum atomic E-state index is 0.575. The largest absolute Gasteiger partial charge is 0.490 e. The quantitative estimate of drug-likeness (QED) is 0.867. The molecule has 0 spiro atoms. The Morgan fingerprint density at radius 1 is 1.15 bits per heavy atom. The highest BCUT2D eigenvalue weighted by molar-refractivity contribution is 5.56. The zero-order chi connectivity index (χ0) is 14.4. The highest BCUT2D eigenvalue weighted by Crippen LogP contribution is 2.32. The molecule has 1 saturated heterocycles. The van der Waals surface area contributed by atoms with Gasteiger partial charge in [-0.15, -0.1) is 0 Å². The van der Waals surface area contributed by atoms with Crippen LogP contribution in [0.15, 0.2) is 18.2 Å². The summed E-state index contributed by atoms with van der Waals surface area (Å²) in [6.45, 7) is 10.7. The number of piperazine rings is 1. The van der Waals surface area contributed by atoms with Crippen molar-refractivity contribution in [1.82, 2.24) is 5.32 Å². The van der Waals surface area contributed by atoms with Gasteiger partial charge in [-0.3, -0.25) is 0 Å². The molecule has 0 saturated carbocycles. The van der Waals surface area contributed by atoms with Crippen LogP contribution in [-0.4, -0.2) is 38.9 Å². The second kappa shape index (κ2) is 7.39. The summed E-state index contributed by atoms with van der Waals surface area (Å²) in [4.78, 5) is 2.42. The van der Waals surface area contributed by atoms with E-state index < -0.39 is 0 Å². The lowest BCUT2D eigenvalue weighted by Crippen LogP contribution is -2.50. The maximum atomic E-state index is 5.71. The molecule has 1 aromatic carbocycles. The van der Waals surface area contributed by atoms with Gasteiger partial charge >= 0.3 is 0 Å². The Morgan fingerprint density at radius 3 is 2.60 bits per heavy atom. The van der Waals surface area contributed by atoms with E-state index in [1.54, 1.807) is 0 Å². The van der Waals surface area contributed by atoms with Crippen LogP contribution in [0.25, 0.3) is 0 Å². The third-order valence-corrected chi connectivity index (χ3v) is 3.64. The van der Waals surface area contributed by atoms with E-state index in [1.807, 2.05) is 19.9 Å². The van der Waals surface area contributed by atoms with Gasteiger partial charge in [0.25, 0.3) is 0 Å². The number of nitrogens with one attached hydrogen (secondary N) is 1. The molecule has 1 heterocycles. The van der Waals surface area contributed by atoms with Crippen molar-refractivity contribution in [1.29, 1.82) is 0 Å². The van der Waals surface area contributed by atoms with Crippen molar-refractivity contribution in [2.24, 2.45) is 0 Å². The molecule has 2 rings (SSSR count). The number of benzene rings is 1. The van der Waals surface area contributed by atoms with Crippen molar-refractivity contribution in [3.8, 4) is 11.5 Å². The standard InChI is InChI=1S/C16H26N2O2/c1-4-13-12-18(10-9-17-13)14-7-8-15(19-5-2)16(11-14)20-6-3/h7-8,11,13,17H,4-6,9-10,12H2,1-3H3. The van der Waals surface area contributed by atoms with E-state index in [0.717, 1.165) is 37.6 Å². The Morgan fingerprint density at radius 2 is 1.90 bits per heavy atom. The maximum absolute atomic E-state index is 5.71. The van der Waals surface area contributed by atoms with Gasteiger partial charge in [-0.2, -0.15) is 0 Å². The highest BCUT2D eigenvalue weighted by Gasteiger charge is 2.19. The predicted octanol–water partition coefficient (Wildman–Crippen LogP) is 2.67. The molecule has 1 unspecified atom stereocenters. The number of rotatable bonds is 6. The van der Waals surface area contributed by atoms with Gasteiger partial charge in [0, 0.05) is 37.4 Å². The molecule has 0 amide bonds. The number of hydrogen-bond acceptors (Lipinski definition) is 4. The Kier molecular flexibility index (Phi) is 5.53. The van der Waals surface area contributed by atoms with Crippen molar-refractivity contribution in [2.45, 2.75) is 33.2 Å². The van der Waals surface area contributed by atoms with Gasteiger partial charge < -0.3 is 19.7 Å². The molecule has 1 aliphatic heterocycles. The van der Waals surface area contributed by atoms with Crippen LogP contribution in [0.5, 0.6) is 11.5 Å². The average Bonchev–Trinajstić information content (AvgIpc) is 2.49. The van der Waals surface area contributed by atoms with Crippen LogP contribution in [0, 0.1) is 0 Å². The molecule has 0 radical (unpaired) electrons. The fourth-order valence-corrected chi connectivity index (χ4v) is 2.57. The molecular weight excluding hydrogens is 252 g/mol. The van der Waals surface area contributed by atoms with Crippen LogP contribution in [0.3, 0.4) is 0 Å². The Balaban J connectivity index is 2.16. The predicted molar refractivity (Wildman–Crippen MR) is 83.1 cm³/mol. The molecule has 1 aromatic rings. The number of ether oxygens (including phenoxy) is 2. The van der Waals surface area contributed by atoms with E-state index in [9.17, 15) is 0 Å². The zero-order valence-corrected chi connectivity index (χ0v) is 12.8. The first kappa shape index (κ1) is 15.0. The van der Waals surface area contributed by atoms with E-state index in [2.05, 4.69) is 29.3 Å². The normalized spacial score (nSPS) is 18.9. The monoisotopic (exact) mass is 278 g/mol. The van der Waals surface area contributed by atoms with Crippen molar-refractivity contribution in [3.05, 3.63) is 18.2 Å². The number of anilines is 1. The SMILES string of the molecule is CCOc1ccc(N2CCNC(CC)C2)cc1OCC. The van der Waals surface area contributed by atoms with Crippen LogP contribution >= 0.6 is 0 Å². The summed E-state index contributed by atoms with van der Waals surface area (Å²) in [6, 6.07) is 6.83. The number of hydrogen-bond donors (Lipinski definition) is 1. The van der Waals surface area contributed by atoms with Gasteiger partial charge in [0.2, 0.25) is 0 Å². The first-order valence-electron chi connectivity index (χ1n) is 7.66. The van der Waals surface area contributed by atoms with E-state index in [1.165, 1.54) is 5.69 Å². The second-order valence-electron chi connectivity index (χ2n) is 5.00. The Labute approximate surface area is 122 Å². The van der Waals surface area contributed by atoms with Crippen LogP contribution in [0.1, 0.15) is 27.2 Å². The fraction of sp³-hybridized carbons (Fsp3) is 0.625. The molecule has 0 aliphatic carbocycles. The summed E-state index contributed by atoms with van der Waals surface area (Å²) in [5.74, 6) is 1.68. The van der Waals surface area contributed by atoms with Crippen LogP contribution in [0.2, 0.25) is 0 Å². The summed E-state index contributed by atoms with van der Waals surface area (Å²) in [7, 11) is 0. The summed E-state index contributed by atoms with van der Waals surface area (Å²) in [6.07, 6.45) is 1.16. The molecule has 1 fully saturated rings. The topological polar surface area (TPSA) is 33.7 Å². The van der Waals surface area contributed by atoms with Gasteiger partial charge in [0.05, 0.1) is 13.2 Å². The van der Waals surface area contributed by atoms with Crippen LogP contribution < -0.4 is 19.7 Å². The van der Waals surface area contributed by atoms with Gasteiger partial charge in [0.15, 0.2) is 11.5 Å². The van der Waals surface area contributed by atoms with Gasteiger partial charge in [-0.1, -0.05) is 6.92 Å². The summed E-state index contributed by atoms with van der Waals surface area (Å²) < 4.78 is 11.3. The first-order chi connectivity index (χ1) is 9.78. The Hall–Kier alpha value is -1.42. The second-order valence-corrected chi connectivity index (χ2v) is 5.00. The van der Waals surface area contributed by atoms with Crippen molar-refractivity contribution >= 4 is 5.69 Å². The summed E-state index contributed by atoms with van der Waals surface area (Å²) in [5.41, 5.74) is 1.22. The van der Waals surface area contributed by atoms with Gasteiger partial charge in [-0.25, -0.2) is 0 Å². The molecule has 0 aromatic heterocycles. The van der Waals surface area contributed by atoms with Crippen LogP contribution in [-0.2, 0) is 0 Å². The third-order valence-electron chi connectivity index (χ3n) is 3.64. The van der Waals surface area contributed by atoms with Crippen molar-refractivity contribution < 1.29 is 9.47 Å². The fourth-order valence-electron chi connectivity index (χ4n) is 2.57. The summed E-state index contributed by atoms with van der Waals surface area (Å²) >= 11 is 0.